The monoisotopic (exact) mass is 308 g/mol. The molecule has 1 atom stereocenters. The second-order valence-electron chi connectivity index (χ2n) is 5.61. The third-order valence-corrected chi connectivity index (χ3v) is 3.99. The van der Waals surface area contributed by atoms with E-state index in [0.717, 1.165) is 25.7 Å². The van der Waals surface area contributed by atoms with Crippen molar-refractivity contribution in [2.24, 2.45) is 0 Å². The molecular weight excluding hydrogens is 284 g/mol. The molecule has 122 valence electrons. The molecule has 0 aliphatic heterocycles. The Morgan fingerprint density at radius 2 is 2.00 bits per heavy atom. The predicted molar refractivity (Wildman–Crippen MR) is 81.1 cm³/mol. The summed E-state index contributed by atoms with van der Waals surface area (Å²) in [7, 11) is 1.53. The Morgan fingerprint density at radius 3 is 2.59 bits per heavy atom. The van der Waals surface area contributed by atoms with Gasteiger partial charge in [0.05, 0.1) is 12.8 Å². The van der Waals surface area contributed by atoms with E-state index in [1.54, 1.807) is 18.4 Å². The van der Waals surface area contributed by atoms with Crippen LogP contribution in [-0.4, -0.2) is 31.5 Å². The van der Waals surface area contributed by atoms with Gasteiger partial charge in [0.25, 0.3) is 0 Å². The largest absolute Gasteiger partial charge is 0.467 e. The molecular formula is C16H24N2O4. The number of hydrogen-bond donors (Lipinski definition) is 2. The van der Waals surface area contributed by atoms with Gasteiger partial charge < -0.3 is 19.8 Å². The molecule has 1 aromatic heterocycles. The fourth-order valence-electron chi connectivity index (χ4n) is 2.71. The Hall–Kier alpha value is -1.82. The molecule has 1 saturated carbocycles. The van der Waals surface area contributed by atoms with Crippen LogP contribution in [0.1, 0.15) is 50.4 Å². The molecule has 6 nitrogen and oxygen atoms in total. The van der Waals surface area contributed by atoms with E-state index < -0.39 is 17.9 Å². The lowest BCUT2D eigenvalue weighted by atomic mass is 10.1. The van der Waals surface area contributed by atoms with Crippen molar-refractivity contribution in [3.63, 3.8) is 0 Å². The highest BCUT2D eigenvalue weighted by atomic mass is 16.5. The Kier molecular flexibility index (Phi) is 6.45. The van der Waals surface area contributed by atoms with E-state index in [9.17, 15) is 9.59 Å². The number of carbonyl (C=O) groups is 2. The highest BCUT2D eigenvalue weighted by Crippen LogP contribution is 2.17. The zero-order valence-electron chi connectivity index (χ0n) is 13.0. The van der Waals surface area contributed by atoms with Crippen LogP contribution in [0.4, 0.5) is 0 Å². The number of ether oxygens (including phenoxy) is 1. The first-order valence-corrected chi connectivity index (χ1v) is 7.85. The summed E-state index contributed by atoms with van der Waals surface area (Å²) in [4.78, 5) is 23.8. The summed E-state index contributed by atoms with van der Waals surface area (Å²) >= 11 is 0. The minimum absolute atomic E-state index is 0.115. The van der Waals surface area contributed by atoms with Crippen molar-refractivity contribution in [2.45, 2.75) is 50.7 Å². The Bertz CT molecular complexity index is 465. The van der Waals surface area contributed by atoms with Gasteiger partial charge in [0.1, 0.15) is 11.9 Å². The van der Waals surface area contributed by atoms with Crippen LogP contribution in [0.2, 0.25) is 0 Å². The van der Waals surface area contributed by atoms with E-state index in [4.69, 9.17) is 9.15 Å². The molecule has 2 N–H and O–H groups in total. The number of hydrogen-bond acceptors (Lipinski definition) is 4. The zero-order valence-corrected chi connectivity index (χ0v) is 13.0. The van der Waals surface area contributed by atoms with E-state index >= 15 is 0 Å². The molecule has 0 radical (unpaired) electrons. The van der Waals surface area contributed by atoms with Gasteiger partial charge in [-0.25, -0.2) is 0 Å². The maximum atomic E-state index is 11.9. The molecule has 1 unspecified atom stereocenters. The number of furan rings is 1. The van der Waals surface area contributed by atoms with Crippen molar-refractivity contribution in [3.8, 4) is 0 Å². The predicted octanol–water partition coefficient (Wildman–Crippen LogP) is 1.92. The van der Waals surface area contributed by atoms with Crippen molar-refractivity contribution in [2.75, 3.05) is 13.7 Å². The van der Waals surface area contributed by atoms with Crippen LogP contribution in [0, 0.1) is 0 Å². The van der Waals surface area contributed by atoms with E-state index in [1.807, 2.05) is 0 Å². The van der Waals surface area contributed by atoms with Gasteiger partial charge in [0.15, 0.2) is 0 Å². The van der Waals surface area contributed by atoms with Gasteiger partial charge in [-0.2, -0.15) is 0 Å². The second kappa shape index (κ2) is 8.58. The highest BCUT2D eigenvalue weighted by molar-refractivity contribution is 6.35. The topological polar surface area (TPSA) is 80.6 Å². The van der Waals surface area contributed by atoms with Gasteiger partial charge in [0.2, 0.25) is 0 Å². The van der Waals surface area contributed by atoms with Crippen molar-refractivity contribution in [3.05, 3.63) is 24.2 Å². The summed E-state index contributed by atoms with van der Waals surface area (Å²) in [6.45, 7) is 0.195. The Balaban J connectivity index is 1.77. The first-order valence-electron chi connectivity index (χ1n) is 7.85. The average molecular weight is 308 g/mol. The summed E-state index contributed by atoms with van der Waals surface area (Å²) in [6, 6.07) is 3.64. The van der Waals surface area contributed by atoms with Gasteiger partial charge in [-0.3, -0.25) is 9.59 Å². The number of carbonyl (C=O) groups excluding carboxylic acids is 2. The lowest BCUT2D eigenvalue weighted by molar-refractivity contribution is -0.140. The average Bonchev–Trinajstić information content (AvgIpc) is 2.93. The van der Waals surface area contributed by atoms with Gasteiger partial charge >= 0.3 is 11.8 Å². The van der Waals surface area contributed by atoms with Gasteiger partial charge in [-0.05, 0) is 25.0 Å². The molecule has 1 aromatic rings. The minimum atomic E-state index is -0.627. The number of nitrogens with one attached hydrogen (secondary N) is 2. The maximum absolute atomic E-state index is 11.9. The molecule has 2 rings (SSSR count). The fourth-order valence-corrected chi connectivity index (χ4v) is 2.71. The number of methoxy groups -OCH3 is 1. The lowest BCUT2D eigenvalue weighted by Crippen LogP contribution is -2.45. The van der Waals surface area contributed by atoms with Gasteiger partial charge in [-0.15, -0.1) is 0 Å². The van der Waals surface area contributed by atoms with Crippen LogP contribution in [0.5, 0.6) is 0 Å². The third-order valence-electron chi connectivity index (χ3n) is 3.99. The molecule has 22 heavy (non-hydrogen) atoms. The van der Waals surface area contributed by atoms with Crippen LogP contribution in [-0.2, 0) is 14.3 Å². The van der Waals surface area contributed by atoms with Crippen LogP contribution >= 0.6 is 0 Å². The van der Waals surface area contributed by atoms with Crippen molar-refractivity contribution in [1.82, 2.24) is 10.6 Å². The standard InChI is InChI=1S/C16H24N2O4/c1-21-14(13-9-6-10-22-13)11-17-15(19)16(20)18-12-7-4-2-3-5-8-12/h6,9-10,12,14H,2-5,7-8,11H2,1H3,(H,17,19)(H,18,20). The highest BCUT2D eigenvalue weighted by Gasteiger charge is 2.21. The van der Waals surface area contributed by atoms with E-state index in [0.29, 0.717) is 5.76 Å². The van der Waals surface area contributed by atoms with E-state index in [2.05, 4.69) is 10.6 Å². The molecule has 1 heterocycles. The zero-order chi connectivity index (χ0) is 15.8. The summed E-state index contributed by atoms with van der Waals surface area (Å²) in [5.41, 5.74) is 0. The van der Waals surface area contributed by atoms with Crippen LogP contribution in [0.25, 0.3) is 0 Å². The van der Waals surface area contributed by atoms with Gasteiger partial charge in [-0.1, -0.05) is 25.7 Å². The van der Waals surface area contributed by atoms with Crippen LogP contribution in [0.3, 0.4) is 0 Å². The second-order valence-corrected chi connectivity index (χ2v) is 5.61. The lowest BCUT2D eigenvalue weighted by Gasteiger charge is -2.17. The molecule has 1 aliphatic rings. The first-order chi connectivity index (χ1) is 10.7. The molecule has 1 aliphatic carbocycles. The maximum Gasteiger partial charge on any atom is 0.309 e. The van der Waals surface area contributed by atoms with Crippen molar-refractivity contribution in [1.29, 1.82) is 0 Å². The summed E-state index contributed by atoms with van der Waals surface area (Å²) in [5, 5.41) is 5.41. The summed E-state index contributed by atoms with van der Waals surface area (Å²) < 4.78 is 10.5. The fraction of sp³-hybridized carbons (Fsp3) is 0.625. The van der Waals surface area contributed by atoms with Crippen LogP contribution < -0.4 is 10.6 Å². The smallest absolute Gasteiger partial charge is 0.309 e. The summed E-state index contributed by atoms with van der Waals surface area (Å²) in [6.07, 6.45) is 7.67. The molecule has 0 aromatic carbocycles. The third kappa shape index (κ3) is 4.87. The van der Waals surface area contributed by atoms with Crippen molar-refractivity contribution >= 4 is 11.8 Å². The first kappa shape index (κ1) is 16.5. The quantitative estimate of drug-likeness (QED) is 0.643. The molecule has 0 bridgehead atoms. The molecule has 2 amide bonds. The summed E-state index contributed by atoms with van der Waals surface area (Å²) in [5.74, 6) is -0.578. The van der Waals surface area contributed by atoms with Crippen molar-refractivity contribution < 1.29 is 18.7 Å². The Morgan fingerprint density at radius 1 is 1.27 bits per heavy atom. The Labute approximate surface area is 130 Å². The molecule has 6 heteroatoms. The minimum Gasteiger partial charge on any atom is -0.467 e. The number of rotatable bonds is 5. The SMILES string of the molecule is COC(CNC(=O)C(=O)NC1CCCCCC1)c1ccco1. The normalized spacial score (nSPS) is 17.5. The van der Waals surface area contributed by atoms with E-state index in [1.165, 1.54) is 20.0 Å². The van der Waals surface area contributed by atoms with Crippen LogP contribution in [0.15, 0.2) is 22.8 Å². The van der Waals surface area contributed by atoms with Gasteiger partial charge in [0, 0.05) is 13.2 Å². The molecule has 0 spiro atoms. The molecule has 0 saturated heterocycles. The van der Waals surface area contributed by atoms with E-state index in [-0.39, 0.29) is 12.6 Å². The molecule has 1 fully saturated rings. The number of amides is 2.